The SMILES string of the molecule is COc1ccc(CN2C(=O)c3cccc4c(-n5ncc(C(=O)Nc6cnc(-n7nccn7)c(Cl)c6)c5C(F)(F)F)cnc2c34)cc1. The summed E-state index contributed by atoms with van der Waals surface area (Å²) < 4.78 is 49.6. The van der Waals surface area contributed by atoms with Crippen LogP contribution in [0.15, 0.2) is 79.5 Å². The third kappa shape index (κ3) is 4.86. The highest BCUT2D eigenvalue weighted by Crippen LogP contribution is 2.41. The smallest absolute Gasteiger partial charge is 0.434 e. The number of nitrogens with zero attached hydrogens (tertiary/aromatic N) is 8. The lowest BCUT2D eigenvalue weighted by Gasteiger charge is -2.18. The zero-order valence-electron chi connectivity index (χ0n) is 23.5. The number of hydrogen-bond acceptors (Lipinski definition) is 8. The van der Waals surface area contributed by atoms with E-state index in [4.69, 9.17) is 16.3 Å². The number of amides is 2. The van der Waals surface area contributed by atoms with E-state index in [1.165, 1.54) is 35.8 Å². The molecule has 0 atom stereocenters. The van der Waals surface area contributed by atoms with Crippen molar-refractivity contribution in [3.63, 3.8) is 0 Å². The molecule has 2 aromatic carbocycles. The molecule has 0 aliphatic carbocycles. The van der Waals surface area contributed by atoms with Crippen LogP contribution in [0, 0.1) is 0 Å². The quantitative estimate of drug-likeness (QED) is 0.241. The number of pyridine rings is 2. The van der Waals surface area contributed by atoms with Gasteiger partial charge in [0.1, 0.15) is 11.6 Å². The van der Waals surface area contributed by atoms with E-state index in [-0.39, 0.29) is 40.2 Å². The number of methoxy groups -OCH3 is 1. The van der Waals surface area contributed by atoms with E-state index in [1.807, 2.05) is 12.1 Å². The van der Waals surface area contributed by atoms with Crippen LogP contribution in [0.2, 0.25) is 5.02 Å². The molecule has 12 nitrogen and oxygen atoms in total. The number of carbonyl (C=O) groups excluding carboxylic acids is 2. The van der Waals surface area contributed by atoms with Gasteiger partial charge in [-0.2, -0.15) is 28.5 Å². The van der Waals surface area contributed by atoms with Gasteiger partial charge >= 0.3 is 6.18 Å². The maximum absolute atomic E-state index is 14.6. The largest absolute Gasteiger partial charge is 0.497 e. The van der Waals surface area contributed by atoms with Crippen LogP contribution in [0.1, 0.15) is 32.0 Å². The van der Waals surface area contributed by atoms with Crippen LogP contribution in [0.3, 0.4) is 0 Å². The summed E-state index contributed by atoms with van der Waals surface area (Å²) >= 11 is 6.25. The second-order valence-electron chi connectivity index (χ2n) is 10.1. The first-order chi connectivity index (χ1) is 22.1. The predicted molar refractivity (Wildman–Crippen MR) is 159 cm³/mol. The molecular weight excluding hydrogens is 627 g/mol. The Labute approximate surface area is 262 Å². The van der Waals surface area contributed by atoms with E-state index >= 15 is 0 Å². The van der Waals surface area contributed by atoms with Crippen molar-refractivity contribution in [2.24, 2.45) is 0 Å². The molecule has 5 heterocycles. The minimum Gasteiger partial charge on any atom is -0.497 e. The van der Waals surface area contributed by atoms with Gasteiger partial charge in [0.05, 0.1) is 72.2 Å². The molecule has 0 unspecified atom stereocenters. The standard InChI is InChI=1S/C30H19ClF3N9O3/c1-46-18-7-5-16(6-8-18)15-41-27-24-19(3-2-4-20(24)29(41)45)23(14-36-27)42-25(30(32,33)34)21(13-39-42)28(44)40-17-11-22(31)26(35-12-17)43-37-9-10-38-43/h2-14H,15H2,1H3,(H,40,44). The van der Waals surface area contributed by atoms with Gasteiger partial charge < -0.3 is 10.1 Å². The summed E-state index contributed by atoms with van der Waals surface area (Å²) in [4.78, 5) is 37.8. The summed E-state index contributed by atoms with van der Waals surface area (Å²) in [6.45, 7) is 0.178. The summed E-state index contributed by atoms with van der Waals surface area (Å²) in [7, 11) is 1.55. The van der Waals surface area contributed by atoms with Crippen LogP contribution >= 0.6 is 11.6 Å². The van der Waals surface area contributed by atoms with Gasteiger partial charge in [0.25, 0.3) is 11.8 Å². The number of nitrogens with one attached hydrogen (secondary N) is 1. The third-order valence-electron chi connectivity index (χ3n) is 7.30. The fraction of sp³-hybridized carbons (Fsp3) is 0.100. The molecule has 46 heavy (non-hydrogen) atoms. The summed E-state index contributed by atoms with van der Waals surface area (Å²) in [5.74, 6) is -0.333. The maximum Gasteiger partial charge on any atom is 0.434 e. The second kappa shape index (κ2) is 11.0. The fourth-order valence-electron chi connectivity index (χ4n) is 5.26. The van der Waals surface area contributed by atoms with Crippen molar-refractivity contribution in [2.45, 2.75) is 12.7 Å². The first-order valence-corrected chi connectivity index (χ1v) is 13.9. The molecule has 4 aromatic heterocycles. The van der Waals surface area contributed by atoms with Gasteiger partial charge in [0.15, 0.2) is 11.5 Å². The number of halogens is 4. The van der Waals surface area contributed by atoms with Crippen LogP contribution in [-0.4, -0.2) is 53.7 Å². The topological polar surface area (TPSA) is 133 Å². The van der Waals surface area contributed by atoms with Crippen molar-refractivity contribution in [3.8, 4) is 17.3 Å². The highest BCUT2D eigenvalue weighted by Gasteiger charge is 2.41. The number of hydrogen-bond donors (Lipinski definition) is 1. The highest BCUT2D eigenvalue weighted by atomic mass is 35.5. The van der Waals surface area contributed by atoms with Crippen molar-refractivity contribution in [3.05, 3.63) is 107 Å². The Morgan fingerprint density at radius 1 is 0.978 bits per heavy atom. The lowest BCUT2D eigenvalue weighted by atomic mass is 10.1. The number of benzene rings is 2. The molecule has 0 radical (unpaired) electrons. The Bertz CT molecular complexity index is 2150. The lowest BCUT2D eigenvalue weighted by Crippen LogP contribution is -2.26. The number of aromatic nitrogens is 7. The normalized spacial score (nSPS) is 12.6. The molecule has 1 aliphatic rings. The van der Waals surface area contributed by atoms with E-state index in [9.17, 15) is 22.8 Å². The number of rotatable bonds is 7. The Balaban J connectivity index is 1.25. The molecule has 0 fully saturated rings. The van der Waals surface area contributed by atoms with Gasteiger partial charge in [-0.25, -0.2) is 14.6 Å². The first-order valence-electron chi connectivity index (χ1n) is 13.5. The zero-order chi connectivity index (χ0) is 32.2. The molecule has 0 bridgehead atoms. The van der Waals surface area contributed by atoms with Crippen molar-refractivity contribution < 1.29 is 27.5 Å². The van der Waals surface area contributed by atoms with Crippen LogP contribution < -0.4 is 15.0 Å². The van der Waals surface area contributed by atoms with E-state index in [0.717, 1.165) is 16.6 Å². The minimum atomic E-state index is -5.01. The molecule has 7 rings (SSSR count). The zero-order valence-corrected chi connectivity index (χ0v) is 24.3. The van der Waals surface area contributed by atoms with Crippen molar-refractivity contribution in [2.75, 3.05) is 17.3 Å². The Kier molecular flexibility index (Phi) is 6.89. The van der Waals surface area contributed by atoms with Gasteiger partial charge in [0, 0.05) is 10.8 Å². The number of alkyl halides is 3. The molecule has 1 aliphatic heterocycles. The summed E-state index contributed by atoms with van der Waals surface area (Å²) in [5.41, 5.74) is -1.02. The van der Waals surface area contributed by atoms with Crippen molar-refractivity contribution in [1.29, 1.82) is 0 Å². The van der Waals surface area contributed by atoms with Crippen molar-refractivity contribution in [1.82, 2.24) is 34.7 Å². The third-order valence-corrected chi connectivity index (χ3v) is 7.58. The van der Waals surface area contributed by atoms with E-state index in [2.05, 4.69) is 30.6 Å². The van der Waals surface area contributed by atoms with Gasteiger partial charge in [-0.05, 0) is 29.8 Å². The number of carbonyl (C=O) groups is 2. The van der Waals surface area contributed by atoms with E-state index in [0.29, 0.717) is 27.0 Å². The lowest BCUT2D eigenvalue weighted by molar-refractivity contribution is -0.143. The van der Waals surface area contributed by atoms with Gasteiger partial charge in [0.2, 0.25) is 0 Å². The van der Waals surface area contributed by atoms with E-state index < -0.39 is 23.3 Å². The summed E-state index contributed by atoms with van der Waals surface area (Å²) in [6.07, 6.45) is 1.06. The monoisotopic (exact) mass is 645 g/mol. The molecule has 230 valence electrons. The highest BCUT2D eigenvalue weighted by molar-refractivity contribution is 6.32. The molecule has 6 aromatic rings. The van der Waals surface area contributed by atoms with Crippen LogP contribution in [0.4, 0.5) is 24.7 Å². The maximum atomic E-state index is 14.6. The summed E-state index contributed by atoms with van der Waals surface area (Å²) in [5, 5.41) is 14.9. The van der Waals surface area contributed by atoms with Crippen molar-refractivity contribution >= 4 is 45.7 Å². The predicted octanol–water partition coefficient (Wildman–Crippen LogP) is 5.49. The van der Waals surface area contributed by atoms with Crippen LogP contribution in [-0.2, 0) is 12.7 Å². The first kappa shape index (κ1) is 28.9. The molecule has 0 saturated heterocycles. The molecular formula is C30H19ClF3N9O3. The fourth-order valence-corrected chi connectivity index (χ4v) is 5.50. The molecule has 1 N–H and O–H groups in total. The summed E-state index contributed by atoms with van der Waals surface area (Å²) in [6, 6.07) is 13.2. The molecule has 2 amide bonds. The number of ether oxygens (including phenoxy) is 1. The van der Waals surface area contributed by atoms with E-state index in [1.54, 1.807) is 37.4 Å². The van der Waals surface area contributed by atoms with Gasteiger partial charge in [-0.15, -0.1) is 4.80 Å². The molecule has 16 heteroatoms. The molecule has 0 spiro atoms. The Morgan fingerprint density at radius 3 is 2.41 bits per heavy atom. The average Bonchev–Trinajstić information content (AvgIpc) is 3.79. The molecule has 0 saturated carbocycles. The minimum absolute atomic E-state index is 0.0363. The average molecular weight is 646 g/mol. The van der Waals surface area contributed by atoms with Gasteiger partial charge in [-0.3, -0.25) is 14.5 Å². The Hall–Kier alpha value is -5.83. The second-order valence-corrected chi connectivity index (χ2v) is 10.5. The van der Waals surface area contributed by atoms with Crippen LogP contribution in [0.25, 0.3) is 22.3 Å². The van der Waals surface area contributed by atoms with Gasteiger partial charge in [-0.1, -0.05) is 35.9 Å². The Morgan fingerprint density at radius 2 is 1.72 bits per heavy atom. The van der Waals surface area contributed by atoms with Crippen LogP contribution in [0.5, 0.6) is 5.75 Å². The number of anilines is 2.